The standard InChI is InChI=1S/C12H13FN2O4/c13-6-1-2-9(7(3-6)11(14)16)15-10-5-19-4-8(10)12(17)18/h1-3,8,10,15H,4-5H2,(H2,14,16)(H,17,18). The van der Waals surface area contributed by atoms with Crippen LogP contribution in [-0.2, 0) is 9.53 Å². The summed E-state index contributed by atoms with van der Waals surface area (Å²) in [5.41, 5.74) is 5.44. The number of carboxylic acid groups (broad SMARTS) is 1. The van der Waals surface area contributed by atoms with Crippen LogP contribution in [0.15, 0.2) is 18.2 Å². The number of rotatable bonds is 4. The molecular formula is C12H13FN2O4. The van der Waals surface area contributed by atoms with E-state index in [0.717, 1.165) is 6.07 Å². The maximum Gasteiger partial charge on any atom is 0.311 e. The monoisotopic (exact) mass is 268 g/mol. The molecule has 0 aromatic heterocycles. The Hall–Kier alpha value is -2.15. The van der Waals surface area contributed by atoms with E-state index in [-0.39, 0.29) is 18.8 Å². The number of carbonyl (C=O) groups is 2. The zero-order valence-electron chi connectivity index (χ0n) is 9.93. The Morgan fingerprint density at radius 3 is 2.79 bits per heavy atom. The van der Waals surface area contributed by atoms with Crippen molar-refractivity contribution < 1.29 is 23.8 Å². The highest BCUT2D eigenvalue weighted by Gasteiger charge is 2.34. The van der Waals surface area contributed by atoms with Gasteiger partial charge in [0.2, 0.25) is 0 Å². The van der Waals surface area contributed by atoms with E-state index < -0.39 is 29.7 Å². The quantitative estimate of drug-likeness (QED) is 0.735. The fourth-order valence-electron chi connectivity index (χ4n) is 1.99. The van der Waals surface area contributed by atoms with Gasteiger partial charge in [0, 0.05) is 5.69 Å². The van der Waals surface area contributed by atoms with Gasteiger partial charge in [-0.1, -0.05) is 0 Å². The van der Waals surface area contributed by atoms with Crippen molar-refractivity contribution in [2.75, 3.05) is 18.5 Å². The van der Waals surface area contributed by atoms with Gasteiger partial charge in [-0.3, -0.25) is 9.59 Å². The second-order valence-electron chi connectivity index (χ2n) is 4.29. The summed E-state index contributed by atoms with van der Waals surface area (Å²) in [6.45, 7) is 0.298. The predicted molar refractivity (Wildman–Crippen MR) is 64.3 cm³/mol. The fourth-order valence-corrected chi connectivity index (χ4v) is 1.99. The molecule has 1 aromatic carbocycles. The summed E-state index contributed by atoms with van der Waals surface area (Å²) < 4.78 is 18.2. The van der Waals surface area contributed by atoms with Gasteiger partial charge in [-0.15, -0.1) is 0 Å². The number of carbonyl (C=O) groups excluding carboxylic acids is 1. The molecule has 1 heterocycles. The van der Waals surface area contributed by atoms with Crippen molar-refractivity contribution in [1.29, 1.82) is 0 Å². The zero-order chi connectivity index (χ0) is 14.0. The van der Waals surface area contributed by atoms with E-state index in [1.54, 1.807) is 0 Å². The number of hydrogen-bond donors (Lipinski definition) is 3. The molecule has 0 saturated carbocycles. The number of amides is 1. The molecule has 0 spiro atoms. The van der Waals surface area contributed by atoms with Crippen molar-refractivity contribution in [2.24, 2.45) is 11.7 Å². The van der Waals surface area contributed by atoms with Crippen molar-refractivity contribution >= 4 is 17.6 Å². The van der Waals surface area contributed by atoms with Crippen molar-refractivity contribution in [2.45, 2.75) is 6.04 Å². The number of benzene rings is 1. The molecule has 2 rings (SSSR count). The number of nitrogens with one attached hydrogen (secondary N) is 1. The third-order valence-electron chi connectivity index (χ3n) is 2.99. The van der Waals surface area contributed by atoms with Crippen LogP contribution in [0.25, 0.3) is 0 Å². The van der Waals surface area contributed by atoms with Gasteiger partial charge in [0.1, 0.15) is 11.7 Å². The van der Waals surface area contributed by atoms with Crippen molar-refractivity contribution in [1.82, 2.24) is 0 Å². The zero-order valence-corrected chi connectivity index (χ0v) is 9.93. The van der Waals surface area contributed by atoms with Crippen molar-refractivity contribution in [3.05, 3.63) is 29.6 Å². The molecule has 7 heteroatoms. The van der Waals surface area contributed by atoms with Crippen LogP contribution in [0.3, 0.4) is 0 Å². The number of hydrogen-bond acceptors (Lipinski definition) is 4. The molecule has 1 aliphatic rings. The Morgan fingerprint density at radius 1 is 1.42 bits per heavy atom. The normalized spacial score (nSPS) is 22.2. The van der Waals surface area contributed by atoms with Crippen LogP contribution in [0.2, 0.25) is 0 Å². The Balaban J connectivity index is 2.23. The van der Waals surface area contributed by atoms with Crippen LogP contribution >= 0.6 is 0 Å². The van der Waals surface area contributed by atoms with Gasteiger partial charge in [-0.25, -0.2) is 4.39 Å². The number of primary amides is 1. The molecule has 102 valence electrons. The average Bonchev–Trinajstić information content (AvgIpc) is 2.79. The van der Waals surface area contributed by atoms with E-state index in [0.29, 0.717) is 5.69 Å². The minimum Gasteiger partial charge on any atom is -0.481 e. The van der Waals surface area contributed by atoms with Crippen LogP contribution < -0.4 is 11.1 Å². The molecule has 6 nitrogen and oxygen atoms in total. The highest BCUT2D eigenvalue weighted by atomic mass is 19.1. The third-order valence-corrected chi connectivity index (χ3v) is 2.99. The summed E-state index contributed by atoms with van der Waals surface area (Å²) in [6.07, 6.45) is 0. The van der Waals surface area contributed by atoms with Gasteiger partial charge in [0.15, 0.2) is 0 Å². The fraction of sp³-hybridized carbons (Fsp3) is 0.333. The molecule has 0 radical (unpaired) electrons. The SMILES string of the molecule is NC(=O)c1cc(F)ccc1NC1COCC1C(=O)O. The number of anilines is 1. The minimum atomic E-state index is -0.988. The van der Waals surface area contributed by atoms with Crippen LogP contribution in [0.4, 0.5) is 10.1 Å². The molecule has 0 bridgehead atoms. The molecule has 4 N–H and O–H groups in total. The largest absolute Gasteiger partial charge is 0.481 e. The summed E-state index contributed by atoms with van der Waals surface area (Å²) in [4.78, 5) is 22.2. The Kier molecular flexibility index (Phi) is 3.66. The van der Waals surface area contributed by atoms with Gasteiger partial charge in [0.05, 0.1) is 24.8 Å². The van der Waals surface area contributed by atoms with Gasteiger partial charge < -0.3 is 20.9 Å². The third kappa shape index (κ3) is 2.82. The Labute approximate surface area is 108 Å². The molecular weight excluding hydrogens is 255 g/mol. The van der Waals surface area contributed by atoms with Crippen LogP contribution in [-0.4, -0.2) is 36.2 Å². The first kappa shape index (κ1) is 13.3. The van der Waals surface area contributed by atoms with Gasteiger partial charge in [0.25, 0.3) is 5.91 Å². The molecule has 1 aromatic rings. The van der Waals surface area contributed by atoms with Crippen LogP contribution in [0.1, 0.15) is 10.4 Å². The lowest BCUT2D eigenvalue weighted by Gasteiger charge is -2.18. The number of halogens is 1. The highest BCUT2D eigenvalue weighted by molar-refractivity contribution is 5.98. The lowest BCUT2D eigenvalue weighted by molar-refractivity contribution is -0.141. The molecule has 0 aliphatic carbocycles. The van der Waals surface area contributed by atoms with Gasteiger partial charge >= 0.3 is 5.97 Å². The summed E-state index contributed by atoms with van der Waals surface area (Å²) in [7, 11) is 0. The van der Waals surface area contributed by atoms with E-state index in [9.17, 15) is 14.0 Å². The maximum atomic E-state index is 13.1. The minimum absolute atomic E-state index is 0.0176. The highest BCUT2D eigenvalue weighted by Crippen LogP contribution is 2.23. The van der Waals surface area contributed by atoms with E-state index in [1.165, 1.54) is 12.1 Å². The number of ether oxygens (including phenoxy) is 1. The second kappa shape index (κ2) is 5.23. The molecule has 19 heavy (non-hydrogen) atoms. The maximum absolute atomic E-state index is 13.1. The molecule has 2 atom stereocenters. The Morgan fingerprint density at radius 2 is 2.16 bits per heavy atom. The number of nitrogens with two attached hydrogens (primary N) is 1. The summed E-state index contributed by atoms with van der Waals surface area (Å²) in [5, 5.41) is 11.9. The predicted octanol–water partition coefficient (Wildman–Crippen LogP) is 0.436. The topological polar surface area (TPSA) is 102 Å². The van der Waals surface area contributed by atoms with E-state index >= 15 is 0 Å². The second-order valence-corrected chi connectivity index (χ2v) is 4.29. The smallest absolute Gasteiger partial charge is 0.311 e. The summed E-state index contributed by atoms with van der Waals surface area (Å²) in [5.74, 6) is -3.08. The van der Waals surface area contributed by atoms with Crippen LogP contribution in [0.5, 0.6) is 0 Å². The molecule has 2 unspecified atom stereocenters. The lowest BCUT2D eigenvalue weighted by atomic mass is 10.0. The first-order chi connectivity index (χ1) is 8.99. The first-order valence-corrected chi connectivity index (χ1v) is 5.65. The first-order valence-electron chi connectivity index (χ1n) is 5.65. The van der Waals surface area contributed by atoms with Gasteiger partial charge in [-0.2, -0.15) is 0 Å². The molecule has 1 fully saturated rings. The van der Waals surface area contributed by atoms with Crippen molar-refractivity contribution in [3.63, 3.8) is 0 Å². The van der Waals surface area contributed by atoms with E-state index in [2.05, 4.69) is 5.32 Å². The van der Waals surface area contributed by atoms with Crippen molar-refractivity contribution in [3.8, 4) is 0 Å². The molecule has 1 aliphatic heterocycles. The average molecular weight is 268 g/mol. The van der Waals surface area contributed by atoms with E-state index in [4.69, 9.17) is 15.6 Å². The molecule has 1 saturated heterocycles. The van der Waals surface area contributed by atoms with Crippen LogP contribution in [0, 0.1) is 11.7 Å². The summed E-state index contributed by atoms with van der Waals surface area (Å²) in [6, 6.07) is 3.05. The lowest BCUT2D eigenvalue weighted by Crippen LogP contribution is -2.34. The van der Waals surface area contributed by atoms with E-state index in [1.807, 2.05) is 0 Å². The Bertz CT molecular complexity index is 520. The molecule has 1 amide bonds. The summed E-state index contributed by atoms with van der Waals surface area (Å²) >= 11 is 0. The number of aliphatic carboxylic acids is 1. The van der Waals surface area contributed by atoms with Gasteiger partial charge in [-0.05, 0) is 18.2 Å². The number of carboxylic acids is 1.